The van der Waals surface area contributed by atoms with Crippen LogP contribution in [-0.2, 0) is 73.5 Å². The highest BCUT2D eigenvalue weighted by molar-refractivity contribution is 6.00. The molecule has 0 saturated carbocycles. The van der Waals surface area contributed by atoms with Crippen molar-refractivity contribution in [1.29, 1.82) is 10.8 Å². The Bertz CT molecular complexity index is 3460. The quantitative estimate of drug-likeness (QED) is 0.0167. The van der Waals surface area contributed by atoms with E-state index < -0.39 is 180 Å². The summed E-state index contributed by atoms with van der Waals surface area (Å²) in [6.07, 6.45) is 5.71. The van der Waals surface area contributed by atoms with E-state index in [1.54, 1.807) is 53.7 Å². The number of amides is 13. The Balaban J connectivity index is 1.56. The molecule has 13 atom stereocenters. The van der Waals surface area contributed by atoms with Gasteiger partial charge in [-0.05, 0) is 196 Å². The lowest BCUT2D eigenvalue weighted by molar-refractivity contribution is -0.149. The van der Waals surface area contributed by atoms with Crippen LogP contribution in [0.2, 0.25) is 0 Å². The fraction of sp³-hybridized carbons (Fsp3) is 0.714. The van der Waals surface area contributed by atoms with Crippen LogP contribution in [0.15, 0.2) is 24.3 Å². The Morgan fingerprint density at radius 1 is 0.410 bits per heavy atom. The van der Waals surface area contributed by atoms with E-state index in [-0.39, 0.29) is 134 Å². The van der Waals surface area contributed by atoms with E-state index in [1.807, 2.05) is 0 Å². The number of nitrogens with two attached hydrogens (primary N) is 7. The molecule has 0 bridgehead atoms. The predicted octanol–water partition coefficient (Wildman–Crippen LogP) is -4.19. The Labute approximate surface area is 685 Å². The summed E-state index contributed by atoms with van der Waals surface area (Å²) in [6, 6.07) is -10.1. The number of unbranched alkanes of at least 4 members (excludes halogenated alkanes) is 4. The number of carboxylic acids is 1. The number of carbonyl (C=O) groups is 14. The Kier molecular flexibility index (Phi) is 44.0. The summed E-state index contributed by atoms with van der Waals surface area (Å²) in [7, 11) is 0. The molecule has 3 heterocycles. The molecule has 3 aliphatic rings. The molecule has 4 rings (SSSR count). The van der Waals surface area contributed by atoms with E-state index in [1.165, 1.54) is 26.8 Å². The molecule has 1 aromatic rings. The van der Waals surface area contributed by atoms with Crippen LogP contribution >= 0.6 is 0 Å². The molecule has 0 radical (unpaired) electrons. The molecule has 0 aromatic heterocycles. The second-order valence-electron chi connectivity index (χ2n) is 31.3. The number of carbonyl (C=O) groups excluding carboxylic acids is 13. The Hall–Kier alpha value is -10.1. The van der Waals surface area contributed by atoms with Crippen molar-refractivity contribution >= 4 is 94.7 Å². The van der Waals surface area contributed by atoms with Crippen molar-refractivity contribution in [3.8, 4) is 5.75 Å². The van der Waals surface area contributed by atoms with Gasteiger partial charge in [0.25, 0.3) is 0 Å². The number of hydrogen-bond donors (Lipinski definition) is 23. The van der Waals surface area contributed by atoms with Gasteiger partial charge >= 0.3 is 5.97 Å². The molecule has 40 heteroatoms. The molecule has 40 nitrogen and oxygen atoms in total. The van der Waals surface area contributed by atoms with Crippen molar-refractivity contribution in [3.05, 3.63) is 29.8 Å². The largest absolute Gasteiger partial charge is 0.508 e. The van der Waals surface area contributed by atoms with Gasteiger partial charge in [-0.25, -0.2) is 4.79 Å². The van der Waals surface area contributed by atoms with Crippen LogP contribution in [0, 0.1) is 28.6 Å². The topological polar surface area (TPSA) is 663 Å². The number of hydrogen-bond acceptors (Lipinski definition) is 22. The molecule has 1 aromatic carbocycles. The first-order chi connectivity index (χ1) is 55.6. The molecule has 3 fully saturated rings. The van der Waals surface area contributed by atoms with Gasteiger partial charge in [-0.15, -0.1) is 0 Å². The predicted molar refractivity (Wildman–Crippen MR) is 436 cm³/mol. The van der Waals surface area contributed by atoms with Crippen molar-refractivity contribution in [2.75, 3.05) is 65.4 Å². The molecule has 3 saturated heterocycles. The third-order valence-corrected chi connectivity index (χ3v) is 20.9. The van der Waals surface area contributed by atoms with Gasteiger partial charge in [-0.2, -0.15) is 0 Å². The summed E-state index contributed by atoms with van der Waals surface area (Å²) in [5.41, 5.74) is 41.1. The van der Waals surface area contributed by atoms with Gasteiger partial charge in [0.2, 0.25) is 76.8 Å². The van der Waals surface area contributed by atoms with Crippen molar-refractivity contribution in [2.45, 2.75) is 268 Å². The fourth-order valence-corrected chi connectivity index (χ4v) is 14.3. The highest BCUT2D eigenvalue weighted by Crippen LogP contribution is 2.25. The number of likely N-dealkylation sites (tertiary alicyclic amines) is 3. The van der Waals surface area contributed by atoms with Crippen LogP contribution < -0.4 is 104 Å². The van der Waals surface area contributed by atoms with Crippen LogP contribution in [0.5, 0.6) is 5.75 Å². The number of phenols is 1. The lowest BCUT2D eigenvalue weighted by atomic mass is 9.99. The third-order valence-electron chi connectivity index (χ3n) is 20.9. The zero-order valence-electron chi connectivity index (χ0n) is 68.9. The molecule has 0 unspecified atom stereocenters. The Morgan fingerprint density at radius 3 is 1.18 bits per heavy atom. The number of guanidine groups is 2. The third kappa shape index (κ3) is 33.5. The van der Waals surface area contributed by atoms with E-state index in [0.717, 1.165) is 0 Å². The summed E-state index contributed by atoms with van der Waals surface area (Å²) in [5.74, 6) is -13.3. The van der Waals surface area contributed by atoms with E-state index in [4.69, 9.17) is 51.0 Å². The van der Waals surface area contributed by atoms with Crippen molar-refractivity contribution in [2.24, 2.45) is 57.9 Å². The second-order valence-corrected chi connectivity index (χ2v) is 31.3. The lowest BCUT2D eigenvalue weighted by Crippen LogP contribution is -2.61. The van der Waals surface area contributed by atoms with E-state index in [0.29, 0.717) is 102 Å². The first-order valence-electron chi connectivity index (χ1n) is 41.2. The van der Waals surface area contributed by atoms with E-state index >= 15 is 4.79 Å². The lowest BCUT2D eigenvalue weighted by Gasteiger charge is -2.32. The molecular weight excluding hydrogens is 1520 g/mol. The molecule has 658 valence electrons. The average Bonchev–Trinajstić information content (AvgIpc) is 1.76. The highest BCUT2D eigenvalue weighted by atomic mass is 16.4. The summed E-state index contributed by atoms with van der Waals surface area (Å²) < 4.78 is 0. The fourth-order valence-electron chi connectivity index (χ4n) is 14.3. The minimum atomic E-state index is -1.46. The monoisotopic (exact) mass is 1650 g/mol. The summed E-state index contributed by atoms with van der Waals surface area (Å²) in [4.78, 5) is 202. The minimum Gasteiger partial charge on any atom is -0.508 e. The maximum Gasteiger partial charge on any atom is 0.326 e. The van der Waals surface area contributed by atoms with Crippen molar-refractivity contribution in [1.82, 2.24) is 78.5 Å². The van der Waals surface area contributed by atoms with Gasteiger partial charge in [0, 0.05) is 39.1 Å². The molecule has 3 aliphatic heterocycles. The van der Waals surface area contributed by atoms with Crippen LogP contribution in [-0.4, -0.2) is 264 Å². The number of benzene rings is 1. The van der Waals surface area contributed by atoms with Gasteiger partial charge in [0.05, 0.1) is 12.6 Å². The zero-order chi connectivity index (χ0) is 87.0. The highest BCUT2D eigenvalue weighted by Gasteiger charge is 2.44. The summed E-state index contributed by atoms with van der Waals surface area (Å²) in [5, 5.41) is 68.0. The normalized spacial score (nSPS) is 17.8. The molecule has 0 spiro atoms. The number of phenolic OH excluding ortho intramolecular Hbond substituents is 1. The molecule has 13 amide bonds. The molecule has 117 heavy (non-hydrogen) atoms. The van der Waals surface area contributed by atoms with Crippen molar-refractivity contribution < 1.29 is 77.3 Å². The van der Waals surface area contributed by atoms with Crippen LogP contribution in [0.25, 0.3) is 0 Å². The zero-order valence-corrected chi connectivity index (χ0v) is 68.9. The maximum atomic E-state index is 15.1. The van der Waals surface area contributed by atoms with Crippen LogP contribution in [0.4, 0.5) is 0 Å². The molecule has 30 N–H and O–H groups in total. The summed E-state index contributed by atoms with van der Waals surface area (Å²) in [6.45, 7) is 11.0. The Morgan fingerprint density at radius 2 is 0.752 bits per heavy atom. The SMILES string of the molecule is CC(C)[C@H](NC(=O)[C@H](CCCCN)NC(=O)[C@@H](NC(=O)[C@@H]1CCCN1C(=O)[C@H](CCCNC(=N)N)NC(=O)[C@H](CCCNC(=N)N)NC(=O)[C@H](CCCCN)NC(=O)[C@H](CCCCN)NC(=O)CNC(=O)[C@@H](NC(=O)[C@@H]1CCCN1C(=O)[C@@H](N)CCCCN)C(C)C)C(C)C)C(=O)N[C@@H](Cc1ccc(O)cc1)C(=O)N1CCC[C@H]1C(=O)O. The smallest absolute Gasteiger partial charge is 0.326 e. The van der Waals surface area contributed by atoms with Gasteiger partial charge < -0.3 is 129 Å². The van der Waals surface area contributed by atoms with Gasteiger partial charge in [0.15, 0.2) is 11.9 Å². The van der Waals surface area contributed by atoms with E-state index in [9.17, 15) is 72.5 Å². The van der Waals surface area contributed by atoms with Gasteiger partial charge in [-0.1, -0.05) is 60.1 Å². The first kappa shape index (κ1) is 99.3. The summed E-state index contributed by atoms with van der Waals surface area (Å²) >= 11 is 0. The molecule has 0 aliphatic carbocycles. The first-order valence-corrected chi connectivity index (χ1v) is 41.2. The number of aromatic hydroxyl groups is 1. The second kappa shape index (κ2) is 51.9. The van der Waals surface area contributed by atoms with Gasteiger partial charge in [0.1, 0.15) is 78.3 Å². The van der Waals surface area contributed by atoms with Crippen LogP contribution in [0.1, 0.15) is 188 Å². The maximum absolute atomic E-state index is 15.1. The van der Waals surface area contributed by atoms with E-state index in [2.05, 4.69) is 63.8 Å². The van der Waals surface area contributed by atoms with Crippen LogP contribution in [0.3, 0.4) is 0 Å². The van der Waals surface area contributed by atoms with Gasteiger partial charge in [-0.3, -0.25) is 73.1 Å². The number of rotatable bonds is 53. The number of carboxylic acid groups (broad SMARTS) is 1. The van der Waals surface area contributed by atoms with Crippen molar-refractivity contribution in [3.63, 3.8) is 0 Å². The standard InChI is InChI=1S/C77H134N24O16/c1-44(2)60(97-67(108)56-26-17-39-99(56)72(113)49(82)20-7-11-33-78)69(110)89-43-59(103)90-50(21-8-12-34-79)63(104)91-51(22-9-13-35-80)64(105)92-53(24-15-37-87-76(83)84)65(106)94-54(25-16-38-88-77(85)86)73(114)100-40-18-27-57(100)68(109)98-62(46(5)6)70(111)93-52(23-10-14-36-81)66(107)96-61(45(3)4)71(112)95-55(42-47-29-31-48(102)32-30-47)74(115)101-41-19-28-58(101)75(116)117/h29-32,44-46,49-58,60-62,102H,7-28,33-43,78-82H2,1-6H3,(H,89,110)(H,90,103)(H,91,104)(H,92,105)(H,93,111)(H,94,106)(H,95,112)(H,96,107)(H,97,108)(H,98,109)(H,116,117)(H4,83,84,87)(H4,85,86,88)/t49-,50-,51-,52-,53-,54-,55-,56-,57-,58-,60-,61-,62-/m0/s1. The number of nitrogens with one attached hydrogen (secondary N) is 14. The molecular formula is C77H134N24O16. The number of nitrogens with zero attached hydrogens (tertiary/aromatic N) is 3. The minimum absolute atomic E-state index is 0.00786. The average molecular weight is 1650 g/mol. The number of aliphatic carboxylic acids is 1.